The van der Waals surface area contributed by atoms with Gasteiger partial charge in [0.1, 0.15) is 0 Å². The van der Waals surface area contributed by atoms with Gasteiger partial charge in [0.05, 0.1) is 0 Å². The van der Waals surface area contributed by atoms with Crippen molar-refractivity contribution in [3.05, 3.63) is 0 Å². The molecule has 0 aromatic heterocycles. The molecule has 1 saturated carbocycles. The van der Waals surface area contributed by atoms with Crippen LogP contribution in [-0.2, 0) is 0 Å². The van der Waals surface area contributed by atoms with Crippen LogP contribution in [0, 0.1) is 24.7 Å². The molecular weight excluding hydrogens is 180 g/mol. The summed E-state index contributed by atoms with van der Waals surface area (Å²) in [5, 5.41) is 0. The highest BCUT2D eigenvalue weighted by Crippen LogP contribution is 2.28. The Kier molecular flexibility index (Phi) is 15.3. The molecule has 0 amide bonds. The van der Waals surface area contributed by atoms with Gasteiger partial charge in [-0.25, -0.2) is 0 Å². The van der Waals surface area contributed by atoms with Crippen molar-refractivity contribution in [2.24, 2.45) is 11.8 Å². The summed E-state index contributed by atoms with van der Waals surface area (Å²) in [6.07, 6.45) is 18.5. The number of hydrogen-bond donors (Lipinski definition) is 0. The molecule has 0 aromatic carbocycles. The SMILES string of the molecule is C#C.CC.CC(C)CCC1CCCCC1. The summed E-state index contributed by atoms with van der Waals surface area (Å²) in [6.45, 7) is 8.67. The highest BCUT2D eigenvalue weighted by molar-refractivity contribution is 4.66. The largest absolute Gasteiger partial charge is 0.124 e. The zero-order valence-corrected chi connectivity index (χ0v) is 11.3. The maximum Gasteiger partial charge on any atom is -0.0414 e. The third-order valence-electron chi connectivity index (χ3n) is 2.88. The average molecular weight is 210 g/mol. The lowest BCUT2D eigenvalue weighted by atomic mass is 9.85. The fourth-order valence-electron chi connectivity index (χ4n) is 2.04. The molecule has 0 radical (unpaired) electrons. The van der Waals surface area contributed by atoms with Gasteiger partial charge in [0.15, 0.2) is 0 Å². The Hall–Kier alpha value is -0.440. The minimum atomic E-state index is 0.914. The number of hydrogen-bond acceptors (Lipinski definition) is 0. The van der Waals surface area contributed by atoms with E-state index in [-0.39, 0.29) is 0 Å². The molecule has 0 heterocycles. The van der Waals surface area contributed by atoms with Crippen molar-refractivity contribution in [1.29, 1.82) is 0 Å². The van der Waals surface area contributed by atoms with E-state index in [2.05, 4.69) is 26.7 Å². The standard InChI is InChI=1S/C11H22.C2H6.C2H2/c1-10(2)8-9-11-6-4-3-5-7-11;2*1-2/h10-11H,3-9H2,1-2H3;1-2H3;1-2H. The van der Waals surface area contributed by atoms with Crippen LogP contribution >= 0.6 is 0 Å². The van der Waals surface area contributed by atoms with Crippen LogP contribution in [0.15, 0.2) is 0 Å². The molecular formula is C15H30. The van der Waals surface area contributed by atoms with Crippen LogP contribution in [0.4, 0.5) is 0 Å². The molecule has 1 aliphatic carbocycles. The first-order chi connectivity index (χ1) is 7.29. The minimum Gasteiger partial charge on any atom is -0.124 e. The monoisotopic (exact) mass is 210 g/mol. The molecule has 1 aliphatic rings. The highest BCUT2D eigenvalue weighted by atomic mass is 14.2. The molecule has 0 aromatic rings. The minimum absolute atomic E-state index is 0.914. The molecule has 90 valence electrons. The Labute approximate surface area is 97.9 Å². The second-order valence-electron chi connectivity index (χ2n) is 4.48. The van der Waals surface area contributed by atoms with E-state index in [1.807, 2.05) is 13.8 Å². The highest BCUT2D eigenvalue weighted by Gasteiger charge is 2.12. The summed E-state index contributed by atoms with van der Waals surface area (Å²) < 4.78 is 0. The van der Waals surface area contributed by atoms with Gasteiger partial charge in [-0.05, 0) is 11.8 Å². The van der Waals surface area contributed by atoms with E-state index in [0.29, 0.717) is 0 Å². The first-order valence-corrected chi connectivity index (χ1v) is 6.62. The van der Waals surface area contributed by atoms with Crippen molar-refractivity contribution in [3.63, 3.8) is 0 Å². The zero-order chi connectivity index (χ0) is 12.1. The molecule has 0 heteroatoms. The lowest BCUT2D eigenvalue weighted by Gasteiger charge is -2.21. The Bertz CT molecular complexity index is 115. The topological polar surface area (TPSA) is 0 Å². The van der Waals surface area contributed by atoms with Crippen LogP contribution in [0.25, 0.3) is 0 Å². The number of terminal acetylenes is 1. The molecule has 0 bridgehead atoms. The molecule has 15 heavy (non-hydrogen) atoms. The Morgan fingerprint density at radius 2 is 1.47 bits per heavy atom. The van der Waals surface area contributed by atoms with E-state index in [0.717, 1.165) is 11.8 Å². The van der Waals surface area contributed by atoms with E-state index < -0.39 is 0 Å². The second kappa shape index (κ2) is 13.6. The first kappa shape index (κ1) is 17.0. The van der Waals surface area contributed by atoms with E-state index in [9.17, 15) is 0 Å². The van der Waals surface area contributed by atoms with Gasteiger partial charge in [-0.3, -0.25) is 0 Å². The summed E-state index contributed by atoms with van der Waals surface area (Å²) >= 11 is 0. The summed E-state index contributed by atoms with van der Waals surface area (Å²) in [5.41, 5.74) is 0. The molecule has 0 atom stereocenters. The van der Waals surface area contributed by atoms with E-state index >= 15 is 0 Å². The maximum absolute atomic E-state index is 4.00. The third kappa shape index (κ3) is 11.5. The van der Waals surface area contributed by atoms with Crippen LogP contribution in [0.1, 0.15) is 72.6 Å². The second-order valence-corrected chi connectivity index (χ2v) is 4.48. The number of rotatable bonds is 3. The fraction of sp³-hybridized carbons (Fsp3) is 0.867. The summed E-state index contributed by atoms with van der Waals surface area (Å²) in [7, 11) is 0. The predicted molar refractivity (Wildman–Crippen MR) is 71.9 cm³/mol. The van der Waals surface area contributed by atoms with E-state index in [4.69, 9.17) is 0 Å². The zero-order valence-electron chi connectivity index (χ0n) is 11.3. The summed E-state index contributed by atoms with van der Waals surface area (Å²) in [5.74, 6) is 2.00. The molecule has 0 saturated heterocycles. The average Bonchev–Trinajstić information content (AvgIpc) is 2.33. The van der Waals surface area contributed by atoms with Crippen molar-refractivity contribution >= 4 is 0 Å². The lowest BCUT2D eigenvalue weighted by Crippen LogP contribution is -2.06. The molecule has 0 aliphatic heterocycles. The van der Waals surface area contributed by atoms with Gasteiger partial charge in [0.2, 0.25) is 0 Å². The van der Waals surface area contributed by atoms with Gasteiger partial charge in [-0.15, -0.1) is 12.8 Å². The van der Waals surface area contributed by atoms with Crippen LogP contribution < -0.4 is 0 Å². The smallest absolute Gasteiger partial charge is 0.0414 e. The van der Waals surface area contributed by atoms with Crippen LogP contribution in [0.2, 0.25) is 0 Å². The molecule has 1 rings (SSSR count). The van der Waals surface area contributed by atoms with Gasteiger partial charge in [0.25, 0.3) is 0 Å². The predicted octanol–water partition coefficient (Wildman–Crippen LogP) is 5.28. The van der Waals surface area contributed by atoms with Gasteiger partial charge < -0.3 is 0 Å². The first-order valence-electron chi connectivity index (χ1n) is 6.62. The van der Waals surface area contributed by atoms with Gasteiger partial charge in [-0.1, -0.05) is 72.6 Å². The van der Waals surface area contributed by atoms with Gasteiger partial charge >= 0.3 is 0 Å². The van der Waals surface area contributed by atoms with Gasteiger partial charge in [-0.2, -0.15) is 0 Å². The van der Waals surface area contributed by atoms with Crippen molar-refractivity contribution in [3.8, 4) is 12.8 Å². The lowest BCUT2D eigenvalue weighted by molar-refractivity contribution is 0.317. The molecule has 0 spiro atoms. The van der Waals surface area contributed by atoms with Crippen LogP contribution in [0.5, 0.6) is 0 Å². The van der Waals surface area contributed by atoms with Crippen molar-refractivity contribution < 1.29 is 0 Å². The quantitative estimate of drug-likeness (QED) is 0.556. The van der Waals surface area contributed by atoms with Gasteiger partial charge in [0, 0.05) is 0 Å². The Balaban J connectivity index is 0. The van der Waals surface area contributed by atoms with E-state index in [1.54, 1.807) is 0 Å². The fourth-order valence-corrected chi connectivity index (χ4v) is 2.04. The van der Waals surface area contributed by atoms with Crippen molar-refractivity contribution in [2.75, 3.05) is 0 Å². The maximum atomic E-state index is 4.00. The van der Waals surface area contributed by atoms with Crippen molar-refractivity contribution in [2.45, 2.75) is 72.6 Å². The molecule has 0 N–H and O–H groups in total. The summed E-state index contributed by atoms with van der Waals surface area (Å²) in [6, 6.07) is 0. The summed E-state index contributed by atoms with van der Waals surface area (Å²) in [4.78, 5) is 0. The third-order valence-corrected chi connectivity index (χ3v) is 2.88. The molecule has 0 unspecified atom stereocenters. The van der Waals surface area contributed by atoms with E-state index in [1.165, 1.54) is 44.9 Å². The Morgan fingerprint density at radius 3 is 1.87 bits per heavy atom. The van der Waals surface area contributed by atoms with Crippen LogP contribution in [-0.4, -0.2) is 0 Å². The van der Waals surface area contributed by atoms with Crippen molar-refractivity contribution in [1.82, 2.24) is 0 Å². The molecule has 0 nitrogen and oxygen atoms in total. The normalized spacial score (nSPS) is 15.9. The molecule has 1 fully saturated rings. The van der Waals surface area contributed by atoms with Crippen LogP contribution in [0.3, 0.4) is 0 Å². The Morgan fingerprint density at radius 1 is 1.00 bits per heavy atom.